The number of carboxylic acid groups (broad SMARTS) is 1. The zero-order valence-electron chi connectivity index (χ0n) is 15.0. The zero-order chi connectivity index (χ0) is 17.2. The van der Waals surface area contributed by atoms with E-state index in [1.54, 1.807) is 0 Å². The molecule has 0 aromatic rings. The molecule has 0 spiro atoms. The molecule has 0 saturated carbocycles. The van der Waals surface area contributed by atoms with Crippen LogP contribution >= 0.6 is 0 Å². The summed E-state index contributed by atoms with van der Waals surface area (Å²) in [5.41, 5.74) is 0. The molecule has 3 nitrogen and oxygen atoms in total. The van der Waals surface area contributed by atoms with Gasteiger partial charge in [-0.1, -0.05) is 76.9 Å². The second-order valence-corrected chi connectivity index (χ2v) is 6.43. The van der Waals surface area contributed by atoms with Crippen molar-refractivity contribution in [1.29, 1.82) is 0 Å². The summed E-state index contributed by atoms with van der Waals surface area (Å²) in [5, 5.41) is 8.50. The molecular weight excluding hydrogens is 288 g/mol. The summed E-state index contributed by atoms with van der Waals surface area (Å²) >= 11 is 0. The molecule has 0 atom stereocenters. The maximum absolute atomic E-state index is 11.7. The van der Waals surface area contributed by atoms with E-state index in [2.05, 4.69) is 6.92 Å². The molecule has 0 fully saturated rings. The summed E-state index contributed by atoms with van der Waals surface area (Å²) in [7, 11) is 0. The molecule has 0 saturated heterocycles. The Balaban J connectivity index is 3.27. The Labute approximate surface area is 142 Å². The van der Waals surface area contributed by atoms with Gasteiger partial charge in [-0.25, -0.2) is 0 Å². The Bertz CT molecular complexity index is 321. The van der Waals surface area contributed by atoms with Crippen molar-refractivity contribution >= 4 is 11.8 Å². The number of allylic oxidation sites excluding steroid dienone is 2. The number of Topliss-reactive ketones (excluding diaryl/α,β-unsaturated/α-hetero) is 1. The number of ketones is 1. The van der Waals surface area contributed by atoms with Gasteiger partial charge in [0, 0.05) is 19.3 Å². The Kier molecular flexibility index (Phi) is 16.4. The third-order valence-electron chi connectivity index (χ3n) is 4.08. The van der Waals surface area contributed by atoms with Crippen LogP contribution in [0.1, 0.15) is 103 Å². The van der Waals surface area contributed by atoms with Crippen LogP contribution in [0.4, 0.5) is 0 Å². The molecule has 0 heterocycles. The molecule has 134 valence electrons. The summed E-state index contributed by atoms with van der Waals surface area (Å²) in [4.78, 5) is 22.0. The number of carbonyl (C=O) groups is 2. The van der Waals surface area contributed by atoms with E-state index in [0.29, 0.717) is 25.0 Å². The summed E-state index contributed by atoms with van der Waals surface area (Å²) in [6, 6.07) is 0. The smallest absolute Gasteiger partial charge is 0.303 e. The molecule has 0 aromatic heterocycles. The summed E-state index contributed by atoms with van der Waals surface area (Å²) < 4.78 is 0. The van der Waals surface area contributed by atoms with Crippen molar-refractivity contribution in [1.82, 2.24) is 0 Å². The largest absolute Gasteiger partial charge is 0.481 e. The summed E-state index contributed by atoms with van der Waals surface area (Å²) in [6.07, 6.45) is 19.5. The van der Waals surface area contributed by atoms with E-state index in [-0.39, 0.29) is 6.42 Å². The Hall–Kier alpha value is -1.12. The van der Waals surface area contributed by atoms with Gasteiger partial charge in [-0.15, -0.1) is 0 Å². The Morgan fingerprint density at radius 3 is 1.87 bits per heavy atom. The summed E-state index contributed by atoms with van der Waals surface area (Å²) in [6.45, 7) is 2.25. The van der Waals surface area contributed by atoms with Crippen molar-refractivity contribution in [3.8, 4) is 0 Å². The first-order valence-electron chi connectivity index (χ1n) is 9.55. The predicted octanol–water partition coefficient (Wildman–Crippen LogP) is 6.07. The highest BCUT2D eigenvalue weighted by atomic mass is 16.4. The highest BCUT2D eigenvalue weighted by Crippen LogP contribution is 2.11. The second-order valence-electron chi connectivity index (χ2n) is 6.43. The topological polar surface area (TPSA) is 54.4 Å². The van der Waals surface area contributed by atoms with Gasteiger partial charge in [0.05, 0.1) is 0 Å². The molecule has 0 unspecified atom stereocenters. The lowest BCUT2D eigenvalue weighted by Crippen LogP contribution is -1.95. The van der Waals surface area contributed by atoms with Crippen LogP contribution in [-0.2, 0) is 9.59 Å². The molecule has 0 aromatic carbocycles. The fraction of sp³-hybridized carbons (Fsp3) is 0.800. The minimum Gasteiger partial charge on any atom is -0.481 e. The van der Waals surface area contributed by atoms with Gasteiger partial charge in [-0.3, -0.25) is 9.59 Å². The van der Waals surface area contributed by atoms with E-state index < -0.39 is 5.97 Å². The maximum Gasteiger partial charge on any atom is 0.303 e. The van der Waals surface area contributed by atoms with Crippen molar-refractivity contribution in [2.45, 2.75) is 103 Å². The lowest BCUT2D eigenvalue weighted by atomic mass is 10.0. The summed E-state index contributed by atoms with van der Waals surface area (Å²) in [5.74, 6) is -0.450. The number of rotatable bonds is 17. The molecule has 0 bridgehead atoms. The van der Waals surface area contributed by atoms with E-state index in [1.165, 1.54) is 57.8 Å². The average Bonchev–Trinajstić information content (AvgIpc) is 2.52. The van der Waals surface area contributed by atoms with E-state index in [4.69, 9.17) is 5.11 Å². The molecule has 1 N–H and O–H groups in total. The zero-order valence-corrected chi connectivity index (χ0v) is 15.0. The van der Waals surface area contributed by atoms with Gasteiger partial charge in [0.2, 0.25) is 0 Å². The Morgan fingerprint density at radius 2 is 1.30 bits per heavy atom. The molecule has 0 rings (SSSR count). The van der Waals surface area contributed by atoms with Crippen LogP contribution in [-0.4, -0.2) is 16.9 Å². The van der Waals surface area contributed by atoms with Crippen LogP contribution < -0.4 is 0 Å². The van der Waals surface area contributed by atoms with E-state index in [9.17, 15) is 9.59 Å². The van der Waals surface area contributed by atoms with E-state index >= 15 is 0 Å². The SMILES string of the molecule is CCCCCCCCCCCCC(=O)C/C=C/CCCC(=O)O. The van der Waals surface area contributed by atoms with Crippen molar-refractivity contribution in [2.75, 3.05) is 0 Å². The first-order chi connectivity index (χ1) is 11.2. The highest BCUT2D eigenvalue weighted by Gasteiger charge is 1.99. The molecular formula is C20H36O3. The second kappa shape index (κ2) is 17.2. The quantitative estimate of drug-likeness (QED) is 0.261. The van der Waals surface area contributed by atoms with Gasteiger partial charge in [0.25, 0.3) is 0 Å². The number of unbranched alkanes of at least 4 members (excludes halogenated alkanes) is 10. The molecule has 0 aliphatic carbocycles. The fourth-order valence-corrected chi connectivity index (χ4v) is 2.62. The first kappa shape index (κ1) is 21.9. The van der Waals surface area contributed by atoms with Crippen LogP contribution in [0.25, 0.3) is 0 Å². The van der Waals surface area contributed by atoms with Crippen molar-refractivity contribution < 1.29 is 14.7 Å². The normalized spacial score (nSPS) is 11.2. The van der Waals surface area contributed by atoms with Gasteiger partial charge in [0.15, 0.2) is 0 Å². The third kappa shape index (κ3) is 18.8. The number of hydrogen-bond acceptors (Lipinski definition) is 2. The number of aliphatic carboxylic acids is 1. The molecule has 0 amide bonds. The molecule has 23 heavy (non-hydrogen) atoms. The fourth-order valence-electron chi connectivity index (χ4n) is 2.62. The molecule has 3 heteroatoms. The number of hydrogen-bond donors (Lipinski definition) is 1. The van der Waals surface area contributed by atoms with Crippen molar-refractivity contribution in [3.63, 3.8) is 0 Å². The van der Waals surface area contributed by atoms with Gasteiger partial charge >= 0.3 is 5.97 Å². The average molecular weight is 325 g/mol. The maximum atomic E-state index is 11.7. The van der Waals surface area contributed by atoms with Crippen molar-refractivity contribution in [3.05, 3.63) is 12.2 Å². The molecule has 0 aliphatic heterocycles. The predicted molar refractivity (Wildman–Crippen MR) is 96.7 cm³/mol. The van der Waals surface area contributed by atoms with Crippen LogP contribution in [0.5, 0.6) is 0 Å². The number of carbonyl (C=O) groups excluding carboxylic acids is 1. The Morgan fingerprint density at radius 1 is 0.739 bits per heavy atom. The van der Waals surface area contributed by atoms with E-state index in [1.807, 2.05) is 12.2 Å². The van der Waals surface area contributed by atoms with Gasteiger partial charge in [-0.2, -0.15) is 0 Å². The standard InChI is InChI=1S/C20H36O3/c1-2-3-4-5-6-7-8-9-10-13-16-19(21)17-14-11-12-15-18-20(22)23/h11,14H,2-10,12-13,15-18H2,1H3,(H,22,23)/b14-11+. The lowest BCUT2D eigenvalue weighted by Gasteiger charge is -2.02. The molecule has 0 aliphatic rings. The van der Waals surface area contributed by atoms with Gasteiger partial charge in [0.1, 0.15) is 5.78 Å². The monoisotopic (exact) mass is 324 g/mol. The van der Waals surface area contributed by atoms with Gasteiger partial charge in [-0.05, 0) is 19.3 Å². The van der Waals surface area contributed by atoms with Crippen LogP contribution in [0.2, 0.25) is 0 Å². The van der Waals surface area contributed by atoms with Crippen molar-refractivity contribution in [2.24, 2.45) is 0 Å². The van der Waals surface area contributed by atoms with Crippen LogP contribution in [0.3, 0.4) is 0 Å². The van der Waals surface area contributed by atoms with Gasteiger partial charge < -0.3 is 5.11 Å². The first-order valence-corrected chi connectivity index (χ1v) is 9.55. The van der Waals surface area contributed by atoms with Crippen LogP contribution in [0, 0.1) is 0 Å². The molecule has 0 radical (unpaired) electrons. The minimum atomic E-state index is -0.754. The highest BCUT2D eigenvalue weighted by molar-refractivity contribution is 5.79. The lowest BCUT2D eigenvalue weighted by molar-refractivity contribution is -0.137. The third-order valence-corrected chi connectivity index (χ3v) is 4.08. The number of carboxylic acids is 1. The minimum absolute atomic E-state index is 0.205. The van der Waals surface area contributed by atoms with Crippen LogP contribution in [0.15, 0.2) is 12.2 Å². The van der Waals surface area contributed by atoms with E-state index in [0.717, 1.165) is 12.8 Å².